The Hall–Kier alpha value is -2.73. The fourth-order valence-corrected chi connectivity index (χ4v) is 6.65. The molecular weight excluding hydrogens is 464 g/mol. The molecule has 1 aliphatic carbocycles. The summed E-state index contributed by atoms with van der Waals surface area (Å²) in [4.78, 5) is 13.8. The molecule has 1 saturated heterocycles. The fraction of sp³-hybridized carbons (Fsp3) is 0.581. The van der Waals surface area contributed by atoms with Crippen LogP contribution in [0.1, 0.15) is 74.8 Å². The van der Waals surface area contributed by atoms with Crippen molar-refractivity contribution >= 4 is 5.91 Å². The van der Waals surface area contributed by atoms with Crippen LogP contribution in [0.2, 0.25) is 0 Å². The van der Waals surface area contributed by atoms with E-state index in [-0.39, 0.29) is 11.9 Å². The van der Waals surface area contributed by atoms with E-state index in [1.54, 1.807) is 14.2 Å². The SMILES string of the molecule is COc1ccc2c(c1)Oc1cc(OC)ccc1C2C(=O)NC1CC[N+](C)(CC2CCCCCCC2)CC1. The average molecular weight is 508 g/mol. The van der Waals surface area contributed by atoms with Crippen molar-refractivity contribution in [1.82, 2.24) is 5.32 Å². The zero-order valence-electron chi connectivity index (χ0n) is 22.8. The fourth-order valence-electron chi connectivity index (χ4n) is 6.65. The van der Waals surface area contributed by atoms with Crippen LogP contribution in [0, 0.1) is 5.92 Å². The Morgan fingerprint density at radius 1 is 0.865 bits per heavy atom. The van der Waals surface area contributed by atoms with Crippen LogP contribution in [0.15, 0.2) is 36.4 Å². The third-order valence-electron chi connectivity index (χ3n) is 8.85. The molecule has 0 unspecified atom stereocenters. The molecule has 2 fully saturated rings. The summed E-state index contributed by atoms with van der Waals surface area (Å²) in [5, 5.41) is 3.42. The van der Waals surface area contributed by atoms with Gasteiger partial charge in [-0.25, -0.2) is 0 Å². The summed E-state index contributed by atoms with van der Waals surface area (Å²) in [7, 11) is 5.71. The number of rotatable bonds is 6. The van der Waals surface area contributed by atoms with Gasteiger partial charge in [0, 0.05) is 48.1 Å². The number of likely N-dealkylation sites (tertiary alicyclic amines) is 1. The largest absolute Gasteiger partial charge is 0.497 e. The van der Waals surface area contributed by atoms with Gasteiger partial charge < -0.3 is 24.0 Å². The highest BCUT2D eigenvalue weighted by atomic mass is 16.5. The predicted molar refractivity (Wildman–Crippen MR) is 146 cm³/mol. The number of amides is 1. The molecule has 0 bridgehead atoms. The predicted octanol–water partition coefficient (Wildman–Crippen LogP) is 6.03. The Balaban J connectivity index is 1.27. The van der Waals surface area contributed by atoms with E-state index in [4.69, 9.17) is 14.2 Å². The van der Waals surface area contributed by atoms with E-state index >= 15 is 0 Å². The molecule has 37 heavy (non-hydrogen) atoms. The summed E-state index contributed by atoms with van der Waals surface area (Å²) in [6.45, 7) is 3.57. The Bertz CT molecular complexity index is 1030. The number of hydrogen-bond acceptors (Lipinski definition) is 4. The maximum atomic E-state index is 13.8. The van der Waals surface area contributed by atoms with Crippen molar-refractivity contribution in [3.05, 3.63) is 47.5 Å². The lowest BCUT2D eigenvalue weighted by molar-refractivity contribution is -0.917. The highest BCUT2D eigenvalue weighted by molar-refractivity contribution is 5.90. The van der Waals surface area contributed by atoms with Gasteiger partial charge in [0.1, 0.15) is 23.0 Å². The molecule has 2 aliphatic heterocycles. The van der Waals surface area contributed by atoms with Crippen molar-refractivity contribution in [1.29, 1.82) is 0 Å². The van der Waals surface area contributed by atoms with Crippen molar-refractivity contribution in [2.45, 2.75) is 69.7 Å². The van der Waals surface area contributed by atoms with Crippen LogP contribution in [0.25, 0.3) is 0 Å². The van der Waals surface area contributed by atoms with E-state index in [1.165, 1.54) is 51.5 Å². The second-order valence-corrected chi connectivity index (χ2v) is 11.6. The van der Waals surface area contributed by atoms with Crippen LogP contribution in [0.4, 0.5) is 0 Å². The van der Waals surface area contributed by atoms with E-state index in [0.29, 0.717) is 23.0 Å². The van der Waals surface area contributed by atoms with Gasteiger partial charge in [0.05, 0.1) is 46.8 Å². The maximum Gasteiger partial charge on any atom is 0.232 e. The van der Waals surface area contributed by atoms with Gasteiger partial charge in [0.2, 0.25) is 5.91 Å². The number of methoxy groups -OCH3 is 2. The third kappa shape index (κ3) is 5.90. The highest BCUT2D eigenvalue weighted by Gasteiger charge is 2.37. The lowest BCUT2D eigenvalue weighted by atomic mass is 9.86. The summed E-state index contributed by atoms with van der Waals surface area (Å²) in [5.74, 6) is 3.21. The van der Waals surface area contributed by atoms with Crippen molar-refractivity contribution < 1.29 is 23.5 Å². The van der Waals surface area contributed by atoms with E-state index in [0.717, 1.165) is 47.5 Å². The molecule has 1 saturated carbocycles. The smallest absolute Gasteiger partial charge is 0.232 e. The number of carbonyl (C=O) groups is 1. The molecule has 0 spiro atoms. The Kier molecular flexibility index (Phi) is 7.94. The molecule has 5 rings (SSSR count). The minimum atomic E-state index is -0.423. The number of hydrogen-bond donors (Lipinski definition) is 1. The number of benzene rings is 2. The molecule has 0 aromatic heterocycles. The Morgan fingerprint density at radius 2 is 1.41 bits per heavy atom. The second-order valence-electron chi connectivity index (χ2n) is 11.6. The van der Waals surface area contributed by atoms with Crippen LogP contribution in [0.5, 0.6) is 23.0 Å². The number of nitrogens with zero attached hydrogens (tertiary/aromatic N) is 1. The first kappa shape index (κ1) is 25.9. The van der Waals surface area contributed by atoms with Gasteiger partial charge in [-0.2, -0.15) is 0 Å². The summed E-state index contributed by atoms with van der Waals surface area (Å²) in [5.41, 5.74) is 1.74. The molecule has 6 nitrogen and oxygen atoms in total. The molecule has 2 heterocycles. The van der Waals surface area contributed by atoms with Gasteiger partial charge in [-0.1, -0.05) is 44.2 Å². The lowest BCUT2D eigenvalue weighted by Gasteiger charge is -2.43. The van der Waals surface area contributed by atoms with Crippen LogP contribution in [-0.2, 0) is 4.79 Å². The Morgan fingerprint density at radius 3 is 1.95 bits per heavy atom. The van der Waals surface area contributed by atoms with Crippen LogP contribution >= 0.6 is 0 Å². The molecule has 2 aromatic carbocycles. The summed E-state index contributed by atoms with van der Waals surface area (Å²) < 4.78 is 18.2. The van der Waals surface area contributed by atoms with Crippen molar-refractivity contribution in [3.8, 4) is 23.0 Å². The van der Waals surface area contributed by atoms with E-state index in [1.807, 2.05) is 36.4 Å². The van der Waals surface area contributed by atoms with Gasteiger partial charge in [-0.05, 0) is 25.0 Å². The second kappa shape index (κ2) is 11.3. The summed E-state index contributed by atoms with van der Waals surface area (Å²) in [6, 6.07) is 11.6. The number of piperidine rings is 1. The minimum Gasteiger partial charge on any atom is -0.497 e. The summed E-state index contributed by atoms with van der Waals surface area (Å²) >= 11 is 0. The third-order valence-corrected chi connectivity index (χ3v) is 8.85. The topological polar surface area (TPSA) is 56.8 Å². The van der Waals surface area contributed by atoms with Crippen molar-refractivity contribution in [2.24, 2.45) is 5.92 Å². The number of ether oxygens (including phenoxy) is 3. The molecule has 0 radical (unpaired) electrons. The van der Waals surface area contributed by atoms with E-state index in [9.17, 15) is 4.79 Å². The van der Waals surface area contributed by atoms with Crippen LogP contribution in [-0.4, -0.2) is 57.3 Å². The number of quaternary nitrogens is 1. The first-order valence-electron chi connectivity index (χ1n) is 14.2. The van der Waals surface area contributed by atoms with Gasteiger partial charge in [-0.3, -0.25) is 4.79 Å². The molecule has 1 amide bonds. The summed E-state index contributed by atoms with van der Waals surface area (Å²) in [6.07, 6.45) is 11.9. The van der Waals surface area contributed by atoms with Gasteiger partial charge in [0.15, 0.2) is 0 Å². The average Bonchev–Trinajstić information content (AvgIpc) is 2.89. The zero-order chi connectivity index (χ0) is 25.8. The van der Waals surface area contributed by atoms with Gasteiger partial charge in [-0.15, -0.1) is 0 Å². The minimum absolute atomic E-state index is 0.0438. The van der Waals surface area contributed by atoms with E-state index < -0.39 is 5.92 Å². The zero-order valence-corrected chi connectivity index (χ0v) is 22.8. The van der Waals surface area contributed by atoms with E-state index in [2.05, 4.69) is 12.4 Å². The molecule has 3 aliphatic rings. The number of nitrogens with one attached hydrogen (secondary N) is 1. The Labute approximate surface area is 221 Å². The maximum absolute atomic E-state index is 13.8. The molecule has 2 aromatic rings. The van der Waals surface area contributed by atoms with Gasteiger partial charge in [0.25, 0.3) is 0 Å². The number of carbonyl (C=O) groups excluding carboxylic acids is 1. The molecule has 1 N–H and O–H groups in total. The van der Waals surface area contributed by atoms with Gasteiger partial charge >= 0.3 is 0 Å². The standard InChI is InChI=1S/C31H42N2O4/c1-33(21-22-9-7-5-4-6-8-10-22)17-15-23(16-18-33)32-31(34)30-26-13-11-24(35-2)19-28(26)37-29-20-25(36-3)12-14-27(29)30/h11-14,19-20,22-23,30H,4-10,15-18,21H2,1-3H3/p+1. The van der Waals surface area contributed by atoms with Crippen molar-refractivity contribution in [2.75, 3.05) is 40.9 Å². The first-order chi connectivity index (χ1) is 18.0. The first-order valence-corrected chi connectivity index (χ1v) is 14.2. The molecule has 0 atom stereocenters. The quantitative estimate of drug-likeness (QED) is 0.485. The van der Waals surface area contributed by atoms with Crippen LogP contribution < -0.4 is 19.5 Å². The van der Waals surface area contributed by atoms with Crippen LogP contribution in [0.3, 0.4) is 0 Å². The van der Waals surface area contributed by atoms with Crippen molar-refractivity contribution in [3.63, 3.8) is 0 Å². The molecule has 6 heteroatoms. The number of fused-ring (bicyclic) bond motifs is 2. The normalized spacial score (nSPS) is 24.6. The monoisotopic (exact) mass is 507 g/mol. The molecular formula is C31H43N2O4+. The lowest BCUT2D eigenvalue weighted by Crippen LogP contribution is -2.56. The highest BCUT2D eigenvalue weighted by Crippen LogP contribution is 2.46. The molecule has 200 valence electrons.